The highest BCUT2D eigenvalue weighted by atomic mass is 32.2. The third kappa shape index (κ3) is 5.36. The number of sulfonamides is 1. The smallest absolute Gasteiger partial charge is 0.338 e. The van der Waals surface area contributed by atoms with Crippen LogP contribution in [0.1, 0.15) is 52.5 Å². The van der Waals surface area contributed by atoms with Gasteiger partial charge in [-0.3, -0.25) is 4.79 Å². The molecule has 1 saturated heterocycles. The van der Waals surface area contributed by atoms with Gasteiger partial charge in [0.25, 0.3) is 0 Å². The van der Waals surface area contributed by atoms with Gasteiger partial charge in [-0.2, -0.15) is 4.31 Å². The van der Waals surface area contributed by atoms with Crippen LogP contribution in [0.4, 0.5) is 0 Å². The number of carbonyl (C=O) groups is 2. The Morgan fingerprint density at radius 2 is 1.76 bits per heavy atom. The first-order valence-electron chi connectivity index (χ1n) is 10.7. The number of hydrogen-bond acceptors (Lipinski definition) is 7. The van der Waals surface area contributed by atoms with Crippen LogP contribution in [0, 0.1) is 6.92 Å². The Balaban J connectivity index is 1.76. The van der Waals surface area contributed by atoms with E-state index in [1.807, 2.05) is 6.92 Å². The number of ketones is 1. The van der Waals surface area contributed by atoms with E-state index >= 15 is 0 Å². The number of benzene rings is 2. The highest BCUT2D eigenvalue weighted by Gasteiger charge is 2.31. The molecule has 0 saturated carbocycles. The number of aryl methyl sites for hydroxylation is 1. The van der Waals surface area contributed by atoms with Crippen molar-refractivity contribution in [3.63, 3.8) is 0 Å². The molecule has 2 aromatic rings. The van der Waals surface area contributed by atoms with E-state index in [-0.39, 0.29) is 16.5 Å². The van der Waals surface area contributed by atoms with E-state index in [1.165, 1.54) is 36.7 Å². The van der Waals surface area contributed by atoms with Gasteiger partial charge in [0.05, 0.1) is 24.7 Å². The zero-order chi connectivity index (χ0) is 24.2. The number of Topliss-reactive ketones (excluding diaryl/α,β-unsaturated/α-hetero) is 1. The van der Waals surface area contributed by atoms with Gasteiger partial charge >= 0.3 is 5.97 Å². The summed E-state index contributed by atoms with van der Waals surface area (Å²) in [5.41, 5.74) is 0.970. The van der Waals surface area contributed by atoms with Crippen molar-refractivity contribution >= 4 is 21.8 Å². The molecule has 1 aliphatic heterocycles. The highest BCUT2D eigenvalue weighted by Crippen LogP contribution is 2.28. The van der Waals surface area contributed by atoms with Crippen LogP contribution in [-0.4, -0.2) is 57.9 Å². The SMILES string of the molecule is COc1ccc(C(=O)COC(=O)c2cc(S(=O)(=O)N3CCCCC3C)ccc2C)cc1OC. The molecule has 0 radical (unpaired) electrons. The second-order valence-corrected chi connectivity index (χ2v) is 9.90. The quantitative estimate of drug-likeness (QED) is 0.425. The molecule has 8 nitrogen and oxygen atoms in total. The number of nitrogens with zero attached hydrogens (tertiary/aromatic N) is 1. The van der Waals surface area contributed by atoms with Crippen molar-refractivity contribution in [2.45, 2.75) is 44.0 Å². The molecule has 1 aliphatic rings. The molecule has 0 bridgehead atoms. The van der Waals surface area contributed by atoms with E-state index in [1.54, 1.807) is 25.1 Å². The normalized spacial score (nSPS) is 16.8. The Hall–Kier alpha value is -2.91. The van der Waals surface area contributed by atoms with Crippen LogP contribution in [0.5, 0.6) is 11.5 Å². The molecule has 1 atom stereocenters. The third-order valence-electron chi connectivity index (χ3n) is 5.82. The van der Waals surface area contributed by atoms with Gasteiger partial charge in [0.1, 0.15) is 0 Å². The van der Waals surface area contributed by atoms with Crippen molar-refractivity contribution in [1.29, 1.82) is 0 Å². The van der Waals surface area contributed by atoms with Crippen LogP contribution in [0.3, 0.4) is 0 Å². The number of piperidine rings is 1. The lowest BCUT2D eigenvalue weighted by Crippen LogP contribution is -2.41. The second kappa shape index (κ2) is 10.4. The summed E-state index contributed by atoms with van der Waals surface area (Å²) in [7, 11) is -0.791. The minimum atomic E-state index is -3.74. The Bertz CT molecular complexity index is 1140. The molecule has 3 rings (SSSR count). The largest absolute Gasteiger partial charge is 0.493 e. The van der Waals surface area contributed by atoms with Crippen molar-refractivity contribution in [2.75, 3.05) is 27.4 Å². The number of ether oxygens (including phenoxy) is 3. The summed E-state index contributed by atoms with van der Waals surface area (Å²) in [6.45, 7) is 3.54. The summed E-state index contributed by atoms with van der Waals surface area (Å²) >= 11 is 0. The average Bonchev–Trinajstić information content (AvgIpc) is 2.82. The maximum Gasteiger partial charge on any atom is 0.338 e. The van der Waals surface area contributed by atoms with Gasteiger partial charge in [0.15, 0.2) is 23.9 Å². The Labute approximate surface area is 194 Å². The maximum absolute atomic E-state index is 13.1. The number of hydrogen-bond donors (Lipinski definition) is 0. The number of carbonyl (C=O) groups excluding carboxylic acids is 2. The van der Waals surface area contributed by atoms with Crippen LogP contribution in [0.25, 0.3) is 0 Å². The zero-order valence-electron chi connectivity index (χ0n) is 19.3. The van der Waals surface area contributed by atoms with E-state index in [0.717, 1.165) is 19.3 Å². The second-order valence-electron chi connectivity index (χ2n) is 8.01. The molecule has 9 heteroatoms. The molecule has 0 spiro atoms. The minimum Gasteiger partial charge on any atom is -0.493 e. The van der Waals surface area contributed by atoms with Gasteiger partial charge in [0.2, 0.25) is 10.0 Å². The molecule has 178 valence electrons. The molecule has 0 amide bonds. The summed E-state index contributed by atoms with van der Waals surface area (Å²) in [5.74, 6) is -0.323. The molecule has 1 fully saturated rings. The van der Waals surface area contributed by atoms with E-state index < -0.39 is 28.4 Å². The van der Waals surface area contributed by atoms with Crippen LogP contribution >= 0.6 is 0 Å². The molecule has 0 N–H and O–H groups in total. The Morgan fingerprint density at radius 3 is 2.42 bits per heavy atom. The van der Waals surface area contributed by atoms with Crippen molar-refractivity contribution < 1.29 is 32.2 Å². The fourth-order valence-electron chi connectivity index (χ4n) is 3.85. The monoisotopic (exact) mass is 475 g/mol. The van der Waals surface area contributed by atoms with Gasteiger partial charge in [-0.25, -0.2) is 13.2 Å². The van der Waals surface area contributed by atoms with E-state index in [0.29, 0.717) is 29.2 Å². The molecule has 0 aromatic heterocycles. The molecule has 0 aliphatic carbocycles. The van der Waals surface area contributed by atoms with E-state index in [2.05, 4.69) is 0 Å². The van der Waals surface area contributed by atoms with Gasteiger partial charge in [0, 0.05) is 18.2 Å². The third-order valence-corrected chi connectivity index (χ3v) is 7.83. The summed E-state index contributed by atoms with van der Waals surface area (Å²) < 4.78 is 43.3. The lowest BCUT2D eigenvalue weighted by Gasteiger charge is -2.32. The van der Waals surface area contributed by atoms with Crippen LogP contribution in [0.15, 0.2) is 41.3 Å². The highest BCUT2D eigenvalue weighted by molar-refractivity contribution is 7.89. The molecular formula is C24H29NO7S. The predicted molar refractivity (Wildman–Crippen MR) is 123 cm³/mol. The van der Waals surface area contributed by atoms with Gasteiger partial charge in [-0.1, -0.05) is 12.5 Å². The number of methoxy groups -OCH3 is 2. The molecule has 2 aromatic carbocycles. The lowest BCUT2D eigenvalue weighted by atomic mass is 10.1. The molecule has 1 unspecified atom stereocenters. The average molecular weight is 476 g/mol. The topological polar surface area (TPSA) is 99.2 Å². The van der Waals surface area contributed by atoms with Crippen molar-refractivity contribution in [3.8, 4) is 11.5 Å². The fourth-order valence-corrected chi connectivity index (χ4v) is 5.57. The van der Waals surface area contributed by atoms with Crippen molar-refractivity contribution in [3.05, 3.63) is 53.1 Å². The first-order chi connectivity index (χ1) is 15.7. The zero-order valence-corrected chi connectivity index (χ0v) is 20.1. The maximum atomic E-state index is 13.1. The molecule has 1 heterocycles. The first-order valence-corrected chi connectivity index (χ1v) is 12.2. The summed E-state index contributed by atoms with van der Waals surface area (Å²) in [6, 6.07) is 8.96. The van der Waals surface area contributed by atoms with Crippen molar-refractivity contribution in [2.24, 2.45) is 0 Å². The van der Waals surface area contributed by atoms with Crippen LogP contribution in [0.2, 0.25) is 0 Å². The van der Waals surface area contributed by atoms with E-state index in [4.69, 9.17) is 14.2 Å². The van der Waals surface area contributed by atoms with E-state index in [9.17, 15) is 18.0 Å². The number of rotatable bonds is 8. The van der Waals surface area contributed by atoms with Crippen LogP contribution < -0.4 is 9.47 Å². The summed E-state index contributed by atoms with van der Waals surface area (Å²) in [6.07, 6.45) is 2.60. The van der Waals surface area contributed by atoms with Crippen LogP contribution in [-0.2, 0) is 14.8 Å². The Morgan fingerprint density at radius 1 is 1.03 bits per heavy atom. The summed E-state index contributed by atoms with van der Waals surface area (Å²) in [5, 5.41) is 0. The lowest BCUT2D eigenvalue weighted by molar-refractivity contribution is 0.0473. The first kappa shape index (κ1) is 24.7. The molecular weight excluding hydrogens is 446 g/mol. The van der Waals surface area contributed by atoms with Gasteiger partial charge < -0.3 is 14.2 Å². The van der Waals surface area contributed by atoms with Gasteiger partial charge in [-0.15, -0.1) is 0 Å². The standard InChI is InChI=1S/C24H29NO7S/c1-16-8-10-19(33(28,29)25-12-6-5-7-17(25)2)14-20(16)24(27)32-15-21(26)18-9-11-22(30-3)23(13-18)31-4/h8-11,13-14,17H,5-7,12,15H2,1-4H3. The van der Waals surface area contributed by atoms with Crippen molar-refractivity contribution in [1.82, 2.24) is 4.31 Å². The number of esters is 1. The fraction of sp³-hybridized carbons (Fsp3) is 0.417. The minimum absolute atomic E-state index is 0.0417. The predicted octanol–water partition coefficient (Wildman–Crippen LogP) is 3.62. The van der Waals surface area contributed by atoms with Gasteiger partial charge in [-0.05, 0) is 62.6 Å². The molecule has 33 heavy (non-hydrogen) atoms. The Kier molecular flexibility index (Phi) is 7.76. The summed E-state index contributed by atoms with van der Waals surface area (Å²) in [4.78, 5) is 25.3.